The van der Waals surface area contributed by atoms with Crippen LogP contribution in [0.25, 0.3) is 0 Å². The molecule has 4 N–H and O–H groups in total. The fraction of sp³-hybridized carbons (Fsp3) is 0.0833. The molecule has 94 valence electrons. The van der Waals surface area contributed by atoms with Crippen molar-refractivity contribution in [2.24, 2.45) is 5.73 Å². The zero-order valence-corrected chi connectivity index (χ0v) is 10.9. The van der Waals surface area contributed by atoms with E-state index < -0.39 is 5.91 Å². The Kier molecular flexibility index (Phi) is 3.74. The van der Waals surface area contributed by atoms with Gasteiger partial charge in [-0.25, -0.2) is 0 Å². The van der Waals surface area contributed by atoms with Crippen LogP contribution in [0.5, 0.6) is 5.75 Å². The van der Waals surface area contributed by atoms with Gasteiger partial charge in [0.1, 0.15) is 6.61 Å². The maximum absolute atomic E-state index is 11.3. The highest BCUT2D eigenvalue weighted by molar-refractivity contribution is 7.16. The number of rotatable bonds is 4. The fourth-order valence-electron chi connectivity index (χ4n) is 1.48. The molecule has 1 aromatic carbocycles. The van der Waals surface area contributed by atoms with E-state index in [1.165, 1.54) is 11.3 Å². The summed E-state index contributed by atoms with van der Waals surface area (Å²) in [5.41, 5.74) is 11.7. The van der Waals surface area contributed by atoms with Gasteiger partial charge in [0.05, 0.1) is 15.6 Å². The molecule has 1 heterocycles. The molecule has 0 fully saturated rings. The molecular weight excluding hydrogens is 272 g/mol. The van der Waals surface area contributed by atoms with Gasteiger partial charge in [-0.15, -0.1) is 11.3 Å². The first-order valence-electron chi connectivity index (χ1n) is 5.13. The highest BCUT2D eigenvalue weighted by atomic mass is 35.5. The SMILES string of the molecule is NC(=O)c1cccc(N)c1OCc1ccc(Cl)s1. The predicted molar refractivity (Wildman–Crippen MR) is 73.0 cm³/mol. The largest absolute Gasteiger partial charge is 0.485 e. The second-order valence-electron chi connectivity index (χ2n) is 3.58. The molecule has 0 aliphatic heterocycles. The number of nitrogens with two attached hydrogens (primary N) is 2. The number of benzene rings is 1. The summed E-state index contributed by atoms with van der Waals surface area (Å²) in [6.45, 7) is 0.297. The lowest BCUT2D eigenvalue weighted by molar-refractivity contribution is 0.0996. The summed E-state index contributed by atoms with van der Waals surface area (Å²) in [4.78, 5) is 12.2. The summed E-state index contributed by atoms with van der Waals surface area (Å²) >= 11 is 7.23. The number of halogens is 1. The molecule has 2 rings (SSSR count). The summed E-state index contributed by atoms with van der Waals surface area (Å²) in [7, 11) is 0. The Morgan fingerprint density at radius 1 is 1.33 bits per heavy atom. The third-order valence-electron chi connectivity index (χ3n) is 2.30. The lowest BCUT2D eigenvalue weighted by Gasteiger charge is -2.11. The van der Waals surface area contributed by atoms with Crippen molar-refractivity contribution < 1.29 is 9.53 Å². The summed E-state index contributed by atoms with van der Waals surface area (Å²) < 4.78 is 6.24. The lowest BCUT2D eigenvalue weighted by Crippen LogP contribution is -2.14. The third-order valence-corrected chi connectivity index (χ3v) is 3.50. The quantitative estimate of drug-likeness (QED) is 0.846. The Morgan fingerprint density at radius 2 is 2.11 bits per heavy atom. The fourth-order valence-corrected chi connectivity index (χ4v) is 2.48. The Balaban J connectivity index is 2.20. The van der Waals surface area contributed by atoms with Crippen molar-refractivity contribution in [2.45, 2.75) is 6.61 Å². The molecule has 0 saturated carbocycles. The van der Waals surface area contributed by atoms with Crippen LogP contribution in [0.15, 0.2) is 30.3 Å². The van der Waals surface area contributed by atoms with E-state index in [1.807, 2.05) is 6.07 Å². The van der Waals surface area contributed by atoms with Crippen LogP contribution in [0.1, 0.15) is 15.2 Å². The van der Waals surface area contributed by atoms with Gasteiger partial charge in [0.15, 0.2) is 5.75 Å². The second-order valence-corrected chi connectivity index (χ2v) is 5.38. The number of carbonyl (C=O) groups is 1. The number of hydrogen-bond acceptors (Lipinski definition) is 4. The minimum atomic E-state index is -0.568. The number of ether oxygens (including phenoxy) is 1. The molecule has 0 bridgehead atoms. The van der Waals surface area contributed by atoms with Crippen LogP contribution in [0, 0.1) is 0 Å². The van der Waals surface area contributed by atoms with Crippen molar-refractivity contribution in [1.29, 1.82) is 0 Å². The van der Waals surface area contributed by atoms with Crippen molar-refractivity contribution in [3.05, 3.63) is 45.1 Å². The molecule has 0 spiro atoms. The third kappa shape index (κ3) is 2.75. The minimum absolute atomic E-state index is 0.276. The summed E-state index contributed by atoms with van der Waals surface area (Å²) in [5.74, 6) is -0.254. The van der Waals surface area contributed by atoms with E-state index in [1.54, 1.807) is 24.3 Å². The molecular formula is C12H11ClN2O2S. The molecule has 0 atom stereocenters. The van der Waals surface area contributed by atoms with E-state index in [0.717, 1.165) is 4.88 Å². The van der Waals surface area contributed by atoms with Crippen LogP contribution >= 0.6 is 22.9 Å². The maximum atomic E-state index is 11.3. The maximum Gasteiger partial charge on any atom is 0.252 e. The predicted octanol–water partition coefficient (Wildman–Crippen LogP) is 2.66. The number of nitrogen functional groups attached to an aromatic ring is 1. The zero-order chi connectivity index (χ0) is 13.1. The molecule has 0 saturated heterocycles. The molecule has 0 aliphatic carbocycles. The molecule has 1 aromatic heterocycles. The van der Waals surface area contributed by atoms with Gasteiger partial charge in [0.2, 0.25) is 0 Å². The summed E-state index contributed by atoms with van der Waals surface area (Å²) in [6.07, 6.45) is 0. The Bertz CT molecular complexity index is 583. The van der Waals surface area contributed by atoms with Gasteiger partial charge in [0.25, 0.3) is 5.91 Å². The molecule has 4 nitrogen and oxygen atoms in total. The molecule has 18 heavy (non-hydrogen) atoms. The van der Waals surface area contributed by atoms with Gasteiger partial charge < -0.3 is 16.2 Å². The van der Waals surface area contributed by atoms with E-state index in [9.17, 15) is 4.79 Å². The highest BCUT2D eigenvalue weighted by Crippen LogP contribution is 2.28. The number of carbonyl (C=O) groups excluding carboxylic acids is 1. The van der Waals surface area contributed by atoms with E-state index in [0.29, 0.717) is 22.4 Å². The molecule has 2 aromatic rings. The average molecular weight is 283 g/mol. The van der Waals surface area contributed by atoms with Crippen molar-refractivity contribution in [3.63, 3.8) is 0 Å². The van der Waals surface area contributed by atoms with Crippen LogP contribution < -0.4 is 16.2 Å². The highest BCUT2D eigenvalue weighted by Gasteiger charge is 2.12. The van der Waals surface area contributed by atoms with E-state index in [2.05, 4.69) is 0 Å². The first-order valence-corrected chi connectivity index (χ1v) is 6.32. The van der Waals surface area contributed by atoms with Crippen molar-refractivity contribution in [2.75, 3.05) is 5.73 Å². The van der Waals surface area contributed by atoms with Crippen molar-refractivity contribution in [1.82, 2.24) is 0 Å². The van der Waals surface area contributed by atoms with Gasteiger partial charge in [0, 0.05) is 4.88 Å². The smallest absolute Gasteiger partial charge is 0.252 e. The van der Waals surface area contributed by atoms with Crippen LogP contribution in [0.2, 0.25) is 4.34 Å². The van der Waals surface area contributed by atoms with Crippen LogP contribution in [0.4, 0.5) is 5.69 Å². The first kappa shape index (κ1) is 12.7. The van der Waals surface area contributed by atoms with E-state index in [-0.39, 0.29) is 5.56 Å². The standard InChI is InChI=1S/C12H11ClN2O2S/c13-10-5-4-7(18-10)6-17-11-8(12(15)16)2-1-3-9(11)14/h1-5H,6,14H2,(H2,15,16). The van der Waals surface area contributed by atoms with Crippen molar-refractivity contribution in [3.8, 4) is 5.75 Å². The van der Waals surface area contributed by atoms with Crippen molar-refractivity contribution >= 4 is 34.5 Å². The summed E-state index contributed by atoms with van der Waals surface area (Å²) in [5, 5.41) is 0. The Morgan fingerprint density at radius 3 is 2.72 bits per heavy atom. The number of thiophene rings is 1. The van der Waals surface area contributed by atoms with Gasteiger partial charge in [-0.2, -0.15) is 0 Å². The molecule has 0 aliphatic rings. The normalized spacial score (nSPS) is 10.3. The topological polar surface area (TPSA) is 78.3 Å². The van der Waals surface area contributed by atoms with E-state index in [4.69, 9.17) is 27.8 Å². The van der Waals surface area contributed by atoms with Gasteiger partial charge in [-0.1, -0.05) is 17.7 Å². The minimum Gasteiger partial charge on any atom is -0.485 e. The second kappa shape index (κ2) is 5.29. The number of hydrogen-bond donors (Lipinski definition) is 2. The van der Waals surface area contributed by atoms with Gasteiger partial charge in [-0.05, 0) is 24.3 Å². The van der Waals surface area contributed by atoms with E-state index >= 15 is 0 Å². The number of para-hydroxylation sites is 1. The van der Waals surface area contributed by atoms with Crippen LogP contribution in [-0.4, -0.2) is 5.91 Å². The van der Waals surface area contributed by atoms with Gasteiger partial charge >= 0.3 is 0 Å². The Labute approximate surface area is 113 Å². The average Bonchev–Trinajstić information content (AvgIpc) is 2.73. The number of anilines is 1. The lowest BCUT2D eigenvalue weighted by atomic mass is 10.1. The molecule has 0 unspecified atom stereocenters. The van der Waals surface area contributed by atoms with Gasteiger partial charge in [-0.3, -0.25) is 4.79 Å². The molecule has 6 heteroatoms. The number of primary amides is 1. The first-order chi connectivity index (χ1) is 8.58. The van der Waals surface area contributed by atoms with Crippen LogP contribution in [0.3, 0.4) is 0 Å². The zero-order valence-electron chi connectivity index (χ0n) is 9.35. The molecule has 1 amide bonds. The Hall–Kier alpha value is -1.72. The number of amides is 1. The summed E-state index contributed by atoms with van der Waals surface area (Å²) in [6, 6.07) is 8.53. The molecule has 0 radical (unpaired) electrons. The van der Waals surface area contributed by atoms with Crippen LogP contribution in [-0.2, 0) is 6.61 Å². The monoisotopic (exact) mass is 282 g/mol.